The molecule has 2 N–H and O–H groups in total. The van der Waals surface area contributed by atoms with Gasteiger partial charge in [0.1, 0.15) is 0 Å². The van der Waals surface area contributed by atoms with Crippen LogP contribution in [0.2, 0.25) is 5.02 Å². The summed E-state index contributed by atoms with van der Waals surface area (Å²) < 4.78 is 3.77. The second-order valence-corrected chi connectivity index (χ2v) is 6.73. The molecule has 1 unspecified atom stereocenters. The van der Waals surface area contributed by atoms with Crippen LogP contribution >= 0.6 is 23.8 Å². The number of benzene rings is 1. The summed E-state index contributed by atoms with van der Waals surface area (Å²) in [5.41, 5.74) is 2.93. The second kappa shape index (κ2) is 8.33. The molecule has 0 fully saturated rings. The molecule has 3 rings (SSSR count). The van der Waals surface area contributed by atoms with Crippen LogP contribution in [0.25, 0.3) is 0 Å². The summed E-state index contributed by atoms with van der Waals surface area (Å²) in [6.07, 6.45) is 5.44. The number of rotatable bonds is 6. The molecule has 0 saturated heterocycles. The molecule has 6 nitrogen and oxygen atoms in total. The lowest BCUT2D eigenvalue weighted by Crippen LogP contribution is -2.32. The van der Waals surface area contributed by atoms with E-state index in [0.717, 1.165) is 28.5 Å². The first kappa shape index (κ1) is 18.4. The Morgan fingerprint density at radius 2 is 2.08 bits per heavy atom. The van der Waals surface area contributed by atoms with E-state index in [-0.39, 0.29) is 6.04 Å². The molecule has 0 amide bonds. The van der Waals surface area contributed by atoms with Crippen molar-refractivity contribution in [3.8, 4) is 0 Å². The molecule has 0 saturated carbocycles. The monoisotopic (exact) mass is 388 g/mol. The molecular formula is C18H21ClN6S. The van der Waals surface area contributed by atoms with Crippen LogP contribution in [-0.2, 0) is 13.1 Å². The Kier molecular flexibility index (Phi) is 5.90. The van der Waals surface area contributed by atoms with Crippen LogP contribution < -0.4 is 10.6 Å². The largest absolute Gasteiger partial charge is 0.354 e. The summed E-state index contributed by atoms with van der Waals surface area (Å²) >= 11 is 11.6. The molecule has 0 aliphatic heterocycles. The van der Waals surface area contributed by atoms with Gasteiger partial charge in [-0.2, -0.15) is 10.2 Å². The minimum absolute atomic E-state index is 0.0515. The maximum atomic E-state index is 6.20. The van der Waals surface area contributed by atoms with E-state index in [4.69, 9.17) is 23.8 Å². The summed E-state index contributed by atoms with van der Waals surface area (Å²) in [6, 6.07) is 9.78. The highest BCUT2D eigenvalue weighted by Gasteiger charge is 2.12. The zero-order valence-corrected chi connectivity index (χ0v) is 16.3. The van der Waals surface area contributed by atoms with E-state index >= 15 is 0 Å². The van der Waals surface area contributed by atoms with Gasteiger partial charge in [-0.05, 0) is 43.8 Å². The lowest BCUT2D eigenvalue weighted by atomic mass is 10.2. The van der Waals surface area contributed by atoms with Crippen LogP contribution in [0, 0.1) is 0 Å². The van der Waals surface area contributed by atoms with Crippen molar-refractivity contribution in [1.29, 1.82) is 0 Å². The van der Waals surface area contributed by atoms with Gasteiger partial charge in [-0.1, -0.05) is 29.8 Å². The normalized spacial score (nSPS) is 12.0. The minimum Gasteiger partial charge on any atom is -0.354 e. The standard InChI is InChI=1S/C18H21ClN6S/c1-3-25-17(8-9-20-25)13(2)22-18(26)23-15-10-21-24(12-15)11-14-6-4-5-7-16(14)19/h4-10,12-13H,3,11H2,1-2H3,(H2,22,23,26). The van der Waals surface area contributed by atoms with Crippen molar-refractivity contribution in [3.63, 3.8) is 0 Å². The Morgan fingerprint density at radius 1 is 1.27 bits per heavy atom. The van der Waals surface area contributed by atoms with Crippen LogP contribution in [0.5, 0.6) is 0 Å². The molecular weight excluding hydrogens is 368 g/mol. The molecule has 2 aromatic heterocycles. The van der Waals surface area contributed by atoms with Crippen molar-refractivity contribution in [2.24, 2.45) is 0 Å². The molecule has 1 atom stereocenters. The SMILES string of the molecule is CCn1nccc1C(C)NC(=S)Nc1cnn(Cc2ccccc2Cl)c1. The van der Waals surface area contributed by atoms with Crippen LogP contribution in [0.15, 0.2) is 48.9 Å². The quantitative estimate of drug-likeness (QED) is 0.628. The molecule has 136 valence electrons. The number of nitrogens with zero attached hydrogens (tertiary/aromatic N) is 4. The minimum atomic E-state index is 0.0515. The van der Waals surface area contributed by atoms with E-state index in [1.165, 1.54) is 0 Å². The number of thiocarbonyl (C=S) groups is 1. The van der Waals surface area contributed by atoms with Crippen LogP contribution in [-0.4, -0.2) is 24.7 Å². The lowest BCUT2D eigenvalue weighted by molar-refractivity contribution is 0.568. The molecule has 2 heterocycles. The fourth-order valence-corrected chi connectivity index (χ4v) is 3.22. The predicted octanol–water partition coefficient (Wildman–Crippen LogP) is 3.85. The zero-order valence-electron chi connectivity index (χ0n) is 14.7. The molecule has 26 heavy (non-hydrogen) atoms. The van der Waals surface area contributed by atoms with Crippen LogP contribution in [0.1, 0.15) is 31.1 Å². The van der Waals surface area contributed by atoms with Gasteiger partial charge >= 0.3 is 0 Å². The highest BCUT2D eigenvalue weighted by Crippen LogP contribution is 2.17. The van der Waals surface area contributed by atoms with Crippen molar-refractivity contribution in [1.82, 2.24) is 24.9 Å². The van der Waals surface area contributed by atoms with Gasteiger partial charge in [0.05, 0.1) is 30.2 Å². The Bertz CT molecular complexity index is 887. The van der Waals surface area contributed by atoms with Gasteiger partial charge in [0.2, 0.25) is 0 Å². The summed E-state index contributed by atoms with van der Waals surface area (Å²) in [7, 11) is 0. The fourth-order valence-electron chi connectivity index (χ4n) is 2.73. The average Bonchev–Trinajstić information content (AvgIpc) is 3.26. The van der Waals surface area contributed by atoms with E-state index in [9.17, 15) is 0 Å². The summed E-state index contributed by atoms with van der Waals surface area (Å²) in [5, 5.41) is 16.4. The number of aromatic nitrogens is 4. The van der Waals surface area contributed by atoms with Gasteiger partial charge in [0, 0.05) is 24.0 Å². The molecule has 8 heteroatoms. The number of hydrogen-bond donors (Lipinski definition) is 2. The highest BCUT2D eigenvalue weighted by atomic mass is 35.5. The zero-order chi connectivity index (χ0) is 18.5. The maximum absolute atomic E-state index is 6.20. The topological polar surface area (TPSA) is 59.7 Å². The third kappa shape index (κ3) is 4.42. The van der Waals surface area contributed by atoms with Crippen LogP contribution in [0.4, 0.5) is 5.69 Å². The van der Waals surface area contributed by atoms with E-state index < -0.39 is 0 Å². The van der Waals surface area contributed by atoms with Gasteiger partial charge in [-0.25, -0.2) is 0 Å². The third-order valence-electron chi connectivity index (χ3n) is 4.02. The van der Waals surface area contributed by atoms with Gasteiger partial charge in [-0.3, -0.25) is 9.36 Å². The molecule has 0 aliphatic carbocycles. The Balaban J connectivity index is 1.58. The second-order valence-electron chi connectivity index (χ2n) is 5.91. The number of hydrogen-bond acceptors (Lipinski definition) is 3. The van der Waals surface area contributed by atoms with Gasteiger partial charge in [0.15, 0.2) is 5.11 Å². The van der Waals surface area contributed by atoms with Crippen LogP contribution in [0.3, 0.4) is 0 Å². The first-order chi connectivity index (χ1) is 12.6. The molecule has 0 aliphatic rings. The number of aryl methyl sites for hydroxylation is 1. The van der Waals surface area contributed by atoms with Crippen molar-refractivity contribution in [3.05, 3.63) is 65.2 Å². The van der Waals surface area contributed by atoms with Crippen molar-refractivity contribution in [2.75, 3.05) is 5.32 Å². The molecule has 3 aromatic rings. The summed E-state index contributed by atoms with van der Waals surface area (Å²) in [5.74, 6) is 0. The van der Waals surface area contributed by atoms with E-state index in [1.54, 1.807) is 12.4 Å². The van der Waals surface area contributed by atoms with Crippen molar-refractivity contribution in [2.45, 2.75) is 33.0 Å². The van der Waals surface area contributed by atoms with E-state index in [2.05, 4.69) is 34.7 Å². The smallest absolute Gasteiger partial charge is 0.171 e. The summed E-state index contributed by atoms with van der Waals surface area (Å²) in [4.78, 5) is 0. The molecule has 0 spiro atoms. The Labute approximate surface area is 163 Å². The fraction of sp³-hybridized carbons (Fsp3) is 0.278. The average molecular weight is 389 g/mol. The number of anilines is 1. The number of halogens is 1. The first-order valence-corrected chi connectivity index (χ1v) is 9.20. The van der Waals surface area contributed by atoms with Gasteiger partial charge < -0.3 is 10.6 Å². The van der Waals surface area contributed by atoms with E-state index in [0.29, 0.717) is 11.7 Å². The Morgan fingerprint density at radius 3 is 2.85 bits per heavy atom. The third-order valence-corrected chi connectivity index (χ3v) is 4.61. The molecule has 1 aromatic carbocycles. The molecule has 0 bridgehead atoms. The van der Waals surface area contributed by atoms with E-state index in [1.807, 2.05) is 45.9 Å². The van der Waals surface area contributed by atoms with Crippen molar-refractivity contribution >= 4 is 34.6 Å². The first-order valence-electron chi connectivity index (χ1n) is 8.42. The summed E-state index contributed by atoms with van der Waals surface area (Å²) in [6.45, 7) is 5.54. The van der Waals surface area contributed by atoms with Gasteiger partial charge in [0.25, 0.3) is 0 Å². The Hall–Kier alpha value is -2.38. The molecule has 0 radical (unpaired) electrons. The maximum Gasteiger partial charge on any atom is 0.171 e. The lowest BCUT2D eigenvalue weighted by Gasteiger charge is -2.17. The highest BCUT2D eigenvalue weighted by molar-refractivity contribution is 7.80. The number of nitrogens with one attached hydrogen (secondary N) is 2. The van der Waals surface area contributed by atoms with Gasteiger partial charge in [-0.15, -0.1) is 0 Å². The van der Waals surface area contributed by atoms with Crippen molar-refractivity contribution < 1.29 is 0 Å². The predicted molar refractivity (Wildman–Crippen MR) is 108 cm³/mol.